The third-order valence-electron chi connectivity index (χ3n) is 5.85. The van der Waals surface area contributed by atoms with Gasteiger partial charge in [-0.25, -0.2) is 17.5 Å². The first-order chi connectivity index (χ1) is 13.1. The predicted molar refractivity (Wildman–Crippen MR) is 109 cm³/mol. The molecule has 1 fully saturated rings. The summed E-state index contributed by atoms with van der Waals surface area (Å²) in [6.07, 6.45) is 3.56. The van der Waals surface area contributed by atoms with E-state index in [0.29, 0.717) is 17.0 Å². The average molecular weight is 404 g/mol. The molecule has 2 aliphatic rings. The van der Waals surface area contributed by atoms with E-state index in [1.54, 1.807) is 24.3 Å². The number of hydrogen-bond acceptors (Lipinski definition) is 4. The predicted octanol–water partition coefficient (Wildman–Crippen LogP) is 4.07. The van der Waals surface area contributed by atoms with Crippen molar-refractivity contribution in [2.75, 3.05) is 11.1 Å². The summed E-state index contributed by atoms with van der Waals surface area (Å²) in [7, 11) is -3.52. The largest absolute Gasteiger partial charge is 0.399 e. The standard InChI is InChI=1S/C21H26FN3O2S/c1-21(2)12-20(13-8-14(22)10-15(23)9-13)24-19-7-6-17(11-18(19)21)28(26,27)25-16-4-3-5-16/h6-11,16,20,24-25H,3-5,12,23H2,1-2H3. The number of sulfonamides is 1. The van der Waals surface area contributed by atoms with Crippen LogP contribution in [0.2, 0.25) is 0 Å². The van der Waals surface area contributed by atoms with Crippen molar-refractivity contribution >= 4 is 21.4 Å². The zero-order valence-corrected chi connectivity index (χ0v) is 16.9. The molecule has 150 valence electrons. The van der Waals surface area contributed by atoms with Gasteiger partial charge in [0.05, 0.1) is 10.9 Å². The summed E-state index contributed by atoms with van der Waals surface area (Å²) in [5.74, 6) is -0.357. The van der Waals surface area contributed by atoms with Gasteiger partial charge in [0.2, 0.25) is 10.0 Å². The topological polar surface area (TPSA) is 84.2 Å². The number of nitrogens with two attached hydrogens (primary N) is 1. The Hall–Kier alpha value is -2.12. The molecule has 2 aromatic rings. The second-order valence-electron chi connectivity index (χ2n) is 8.56. The van der Waals surface area contributed by atoms with Crippen molar-refractivity contribution in [3.05, 3.63) is 53.3 Å². The van der Waals surface area contributed by atoms with E-state index in [4.69, 9.17) is 5.73 Å². The number of rotatable bonds is 4. The highest BCUT2D eigenvalue weighted by molar-refractivity contribution is 7.89. The maximum Gasteiger partial charge on any atom is 0.240 e. The molecule has 0 saturated heterocycles. The van der Waals surface area contributed by atoms with Gasteiger partial charge in [-0.3, -0.25) is 0 Å². The number of halogens is 1. The first-order valence-electron chi connectivity index (χ1n) is 9.63. The van der Waals surface area contributed by atoms with Gasteiger partial charge < -0.3 is 11.1 Å². The lowest BCUT2D eigenvalue weighted by Crippen LogP contribution is -2.39. The maximum atomic E-state index is 13.8. The van der Waals surface area contributed by atoms with Crippen LogP contribution in [0.1, 0.15) is 56.7 Å². The summed E-state index contributed by atoms with van der Waals surface area (Å²) in [5, 5.41) is 3.43. The van der Waals surface area contributed by atoms with E-state index in [0.717, 1.165) is 36.1 Å². The Morgan fingerprint density at radius 1 is 1.18 bits per heavy atom. The first kappa shape index (κ1) is 19.2. The lowest BCUT2D eigenvalue weighted by Gasteiger charge is -2.39. The van der Waals surface area contributed by atoms with Gasteiger partial charge in [0.15, 0.2) is 0 Å². The average Bonchev–Trinajstić information content (AvgIpc) is 2.56. The second-order valence-corrected chi connectivity index (χ2v) is 10.3. The molecule has 1 unspecified atom stereocenters. The van der Waals surface area contributed by atoms with Crippen LogP contribution in [0, 0.1) is 5.82 Å². The number of fused-ring (bicyclic) bond motifs is 1. The molecule has 0 radical (unpaired) electrons. The molecule has 0 spiro atoms. The maximum absolute atomic E-state index is 13.8. The third kappa shape index (κ3) is 3.61. The SMILES string of the molecule is CC1(C)CC(c2cc(N)cc(F)c2)Nc2ccc(S(=O)(=O)NC3CCC3)cc21. The molecule has 1 saturated carbocycles. The lowest BCUT2D eigenvalue weighted by molar-refractivity contribution is 0.383. The summed E-state index contributed by atoms with van der Waals surface area (Å²) in [5.41, 5.74) is 8.53. The summed E-state index contributed by atoms with van der Waals surface area (Å²) < 4.78 is 42.0. The van der Waals surface area contributed by atoms with Gasteiger partial charge >= 0.3 is 0 Å². The molecule has 1 atom stereocenters. The summed E-state index contributed by atoms with van der Waals surface area (Å²) in [4.78, 5) is 0.293. The Labute approximate surface area is 165 Å². The van der Waals surface area contributed by atoms with E-state index >= 15 is 0 Å². The van der Waals surface area contributed by atoms with Gasteiger partial charge in [0.25, 0.3) is 0 Å². The molecular weight excluding hydrogens is 377 g/mol. The highest BCUT2D eigenvalue weighted by Gasteiger charge is 2.35. The number of nitrogens with one attached hydrogen (secondary N) is 2. The summed E-state index contributed by atoms with van der Waals surface area (Å²) in [6, 6.07) is 9.73. The van der Waals surface area contributed by atoms with Gasteiger partial charge in [0, 0.05) is 17.4 Å². The van der Waals surface area contributed by atoms with E-state index in [2.05, 4.69) is 23.9 Å². The molecule has 0 amide bonds. The van der Waals surface area contributed by atoms with E-state index < -0.39 is 10.0 Å². The summed E-state index contributed by atoms with van der Waals surface area (Å²) >= 11 is 0. The molecule has 0 aromatic heterocycles. The Kier molecular flexibility index (Phi) is 4.62. The van der Waals surface area contributed by atoms with Crippen molar-refractivity contribution in [3.8, 4) is 0 Å². The van der Waals surface area contributed by atoms with Crippen molar-refractivity contribution in [1.29, 1.82) is 0 Å². The van der Waals surface area contributed by atoms with Crippen molar-refractivity contribution in [2.45, 2.75) is 61.9 Å². The molecular formula is C21H26FN3O2S. The normalized spacial score (nSPS) is 21.5. The van der Waals surface area contributed by atoms with Crippen LogP contribution in [0.15, 0.2) is 41.3 Å². The monoisotopic (exact) mass is 403 g/mol. The Morgan fingerprint density at radius 2 is 1.93 bits per heavy atom. The fraction of sp³-hybridized carbons (Fsp3) is 0.429. The minimum Gasteiger partial charge on any atom is -0.399 e. The van der Waals surface area contributed by atoms with Crippen molar-refractivity contribution in [1.82, 2.24) is 4.72 Å². The highest BCUT2D eigenvalue weighted by Crippen LogP contribution is 2.45. The van der Waals surface area contributed by atoms with Gasteiger partial charge in [-0.05, 0) is 72.2 Å². The molecule has 1 aliphatic carbocycles. The van der Waals surface area contributed by atoms with Crippen LogP contribution >= 0.6 is 0 Å². The number of benzene rings is 2. The van der Waals surface area contributed by atoms with E-state index in [-0.39, 0.29) is 23.3 Å². The minimum atomic E-state index is -3.52. The van der Waals surface area contributed by atoms with Gasteiger partial charge in [0.1, 0.15) is 5.82 Å². The lowest BCUT2D eigenvalue weighted by atomic mass is 9.74. The quantitative estimate of drug-likeness (QED) is 0.672. The summed E-state index contributed by atoms with van der Waals surface area (Å²) in [6.45, 7) is 4.16. The van der Waals surface area contributed by atoms with Crippen molar-refractivity contribution < 1.29 is 12.8 Å². The fourth-order valence-corrected chi connectivity index (χ4v) is 5.42. The third-order valence-corrected chi connectivity index (χ3v) is 7.36. The zero-order valence-electron chi connectivity index (χ0n) is 16.1. The zero-order chi connectivity index (χ0) is 20.1. The Balaban J connectivity index is 1.66. The van der Waals surface area contributed by atoms with Crippen LogP contribution in [0.3, 0.4) is 0 Å². The van der Waals surface area contributed by atoms with Crippen LogP contribution in [-0.4, -0.2) is 14.5 Å². The van der Waals surface area contributed by atoms with Crippen LogP contribution < -0.4 is 15.8 Å². The van der Waals surface area contributed by atoms with Crippen LogP contribution in [0.4, 0.5) is 15.8 Å². The van der Waals surface area contributed by atoms with Gasteiger partial charge in [-0.1, -0.05) is 20.3 Å². The molecule has 5 nitrogen and oxygen atoms in total. The molecule has 7 heteroatoms. The number of anilines is 2. The van der Waals surface area contributed by atoms with Crippen LogP contribution in [0.5, 0.6) is 0 Å². The number of hydrogen-bond donors (Lipinski definition) is 3. The van der Waals surface area contributed by atoms with E-state index in [1.165, 1.54) is 12.1 Å². The molecule has 1 aliphatic heterocycles. The second kappa shape index (κ2) is 6.74. The van der Waals surface area contributed by atoms with Gasteiger partial charge in [-0.2, -0.15) is 0 Å². The molecule has 28 heavy (non-hydrogen) atoms. The first-order valence-corrected chi connectivity index (χ1v) is 11.1. The van der Waals surface area contributed by atoms with Crippen molar-refractivity contribution in [3.63, 3.8) is 0 Å². The van der Waals surface area contributed by atoms with Gasteiger partial charge in [-0.15, -0.1) is 0 Å². The van der Waals surface area contributed by atoms with E-state index in [1.807, 2.05) is 0 Å². The number of nitrogen functional groups attached to an aromatic ring is 1. The molecule has 4 rings (SSSR count). The Bertz CT molecular complexity index is 996. The molecule has 4 N–H and O–H groups in total. The smallest absolute Gasteiger partial charge is 0.240 e. The highest BCUT2D eigenvalue weighted by atomic mass is 32.2. The van der Waals surface area contributed by atoms with Crippen LogP contribution in [-0.2, 0) is 15.4 Å². The molecule has 2 aromatic carbocycles. The minimum absolute atomic E-state index is 0.0509. The fourth-order valence-electron chi connectivity index (χ4n) is 4.09. The van der Waals surface area contributed by atoms with E-state index in [9.17, 15) is 12.8 Å². The molecule has 1 heterocycles. The Morgan fingerprint density at radius 3 is 2.57 bits per heavy atom. The molecule has 0 bridgehead atoms. The van der Waals surface area contributed by atoms with Crippen molar-refractivity contribution in [2.24, 2.45) is 0 Å². The van der Waals surface area contributed by atoms with Crippen LogP contribution in [0.25, 0.3) is 0 Å².